The Hall–Kier alpha value is -2.50. The van der Waals surface area contributed by atoms with Crippen molar-refractivity contribution >= 4 is 11.6 Å². The number of hydrogen-bond acceptors (Lipinski definition) is 2. The van der Waals surface area contributed by atoms with E-state index in [9.17, 15) is 18.0 Å². The molecule has 1 amide bonds. The first kappa shape index (κ1) is 14.9. The van der Waals surface area contributed by atoms with Gasteiger partial charge in [0, 0.05) is 0 Å². The summed E-state index contributed by atoms with van der Waals surface area (Å²) in [4.78, 5) is 12.0. The van der Waals surface area contributed by atoms with Gasteiger partial charge in [0.15, 0.2) is 0 Å². The van der Waals surface area contributed by atoms with Crippen LogP contribution in [0.5, 0.6) is 5.75 Å². The number of benzene rings is 2. The molecule has 0 unspecified atom stereocenters. The Morgan fingerprint density at radius 3 is 2.62 bits per heavy atom. The van der Waals surface area contributed by atoms with Gasteiger partial charge in [-0.15, -0.1) is 0 Å². The Morgan fingerprint density at radius 2 is 1.90 bits per heavy atom. The number of aryl methyl sites for hydroxylation is 1. The number of rotatable bonds is 4. The van der Waals surface area contributed by atoms with Crippen molar-refractivity contribution < 1.29 is 22.7 Å². The molecule has 21 heavy (non-hydrogen) atoms. The molecule has 6 heteroatoms. The molecule has 0 saturated carbocycles. The van der Waals surface area contributed by atoms with Crippen molar-refractivity contribution in [2.75, 3.05) is 5.32 Å². The largest absolute Gasteiger partial charge is 0.433 e. The summed E-state index contributed by atoms with van der Waals surface area (Å²) in [5.41, 5.74) is 0.587. The van der Waals surface area contributed by atoms with Crippen LogP contribution in [0.25, 0.3) is 0 Å². The first-order chi connectivity index (χ1) is 9.97. The van der Waals surface area contributed by atoms with Crippen molar-refractivity contribution in [3.8, 4) is 5.75 Å². The predicted octanol–water partition coefficient (Wildman–Crippen LogP) is 3.99. The molecule has 1 N–H and O–H groups in total. The summed E-state index contributed by atoms with van der Waals surface area (Å²) in [7, 11) is 0. The predicted molar refractivity (Wildman–Crippen MR) is 72.2 cm³/mol. The summed E-state index contributed by atoms with van der Waals surface area (Å²) >= 11 is 0. The molecule has 0 fully saturated rings. The first-order valence-corrected chi connectivity index (χ1v) is 6.08. The number of amides is 1. The van der Waals surface area contributed by atoms with E-state index >= 15 is 0 Å². The van der Waals surface area contributed by atoms with Crippen LogP contribution in [0.15, 0.2) is 42.5 Å². The molecule has 2 aromatic rings. The second-order valence-electron chi connectivity index (χ2n) is 4.31. The molecular weight excluding hydrogens is 283 g/mol. The van der Waals surface area contributed by atoms with Crippen LogP contribution in [0.4, 0.5) is 18.9 Å². The van der Waals surface area contributed by atoms with Crippen molar-refractivity contribution in [3.63, 3.8) is 0 Å². The topological polar surface area (TPSA) is 38.3 Å². The van der Waals surface area contributed by atoms with E-state index in [0.29, 0.717) is 5.56 Å². The third-order valence-electron chi connectivity index (χ3n) is 2.72. The molecule has 110 valence electrons. The van der Waals surface area contributed by atoms with E-state index in [2.05, 4.69) is 10.1 Å². The van der Waals surface area contributed by atoms with E-state index in [4.69, 9.17) is 0 Å². The average molecular weight is 295 g/mol. The van der Waals surface area contributed by atoms with Crippen molar-refractivity contribution in [2.45, 2.75) is 13.5 Å². The molecular formula is C15H12F3NO2. The van der Waals surface area contributed by atoms with Crippen molar-refractivity contribution in [2.24, 2.45) is 0 Å². The van der Waals surface area contributed by atoms with Gasteiger partial charge in [0.2, 0.25) is 0 Å². The third kappa shape index (κ3) is 3.75. The monoisotopic (exact) mass is 295 g/mol. The molecule has 0 radical (unpaired) electrons. The molecule has 0 spiro atoms. The van der Waals surface area contributed by atoms with Crippen LogP contribution in [-0.4, -0.2) is 12.5 Å². The number of halogens is 3. The van der Waals surface area contributed by atoms with Crippen LogP contribution >= 0.6 is 0 Å². The SMILES string of the molecule is Cc1ccc(F)c(C(=O)Nc2ccccc2OC(F)F)c1. The zero-order chi connectivity index (χ0) is 15.4. The van der Waals surface area contributed by atoms with Crippen molar-refractivity contribution in [1.29, 1.82) is 0 Å². The minimum atomic E-state index is -3.02. The summed E-state index contributed by atoms with van der Waals surface area (Å²) in [6.45, 7) is -1.30. The van der Waals surface area contributed by atoms with Gasteiger partial charge in [-0.3, -0.25) is 4.79 Å². The number of alkyl halides is 2. The van der Waals surface area contributed by atoms with Crippen LogP contribution in [0.1, 0.15) is 15.9 Å². The van der Waals surface area contributed by atoms with Gasteiger partial charge in [0.05, 0.1) is 11.3 Å². The number of nitrogens with one attached hydrogen (secondary N) is 1. The zero-order valence-electron chi connectivity index (χ0n) is 11.1. The maximum absolute atomic E-state index is 13.6. The summed E-state index contributed by atoms with van der Waals surface area (Å²) in [6, 6.07) is 9.78. The lowest BCUT2D eigenvalue weighted by Gasteiger charge is -2.12. The molecule has 0 bridgehead atoms. The number of carbonyl (C=O) groups excluding carboxylic acids is 1. The number of hydrogen-bond donors (Lipinski definition) is 1. The van der Waals surface area contributed by atoms with Crippen molar-refractivity contribution in [1.82, 2.24) is 0 Å². The smallest absolute Gasteiger partial charge is 0.387 e. The van der Waals surface area contributed by atoms with Crippen LogP contribution in [0, 0.1) is 12.7 Å². The highest BCUT2D eigenvalue weighted by molar-refractivity contribution is 6.05. The molecule has 0 saturated heterocycles. The lowest BCUT2D eigenvalue weighted by Crippen LogP contribution is -2.15. The molecule has 2 rings (SSSR count). The molecule has 0 aliphatic rings. The minimum Gasteiger partial charge on any atom is -0.433 e. The summed E-state index contributed by atoms with van der Waals surface area (Å²) in [5, 5.41) is 2.36. The Balaban J connectivity index is 2.25. The average Bonchev–Trinajstić information content (AvgIpc) is 2.43. The van der Waals surface area contributed by atoms with E-state index in [1.807, 2.05) is 0 Å². The molecule has 2 aromatic carbocycles. The van der Waals surface area contributed by atoms with E-state index in [0.717, 1.165) is 0 Å². The van der Waals surface area contributed by atoms with Crippen LogP contribution in [-0.2, 0) is 0 Å². The van der Waals surface area contributed by atoms with Gasteiger partial charge in [-0.1, -0.05) is 23.8 Å². The van der Waals surface area contributed by atoms with Gasteiger partial charge < -0.3 is 10.1 Å². The van der Waals surface area contributed by atoms with E-state index in [-0.39, 0.29) is 17.0 Å². The molecule has 0 aromatic heterocycles. The molecule has 0 aliphatic carbocycles. The van der Waals surface area contributed by atoms with Crippen LogP contribution in [0.3, 0.4) is 0 Å². The van der Waals surface area contributed by atoms with Gasteiger partial charge in [-0.05, 0) is 31.2 Å². The maximum Gasteiger partial charge on any atom is 0.387 e. The third-order valence-corrected chi connectivity index (χ3v) is 2.72. The van der Waals surface area contributed by atoms with E-state index in [1.54, 1.807) is 13.0 Å². The summed E-state index contributed by atoms with van der Waals surface area (Å²) in [6.07, 6.45) is 0. The van der Waals surface area contributed by atoms with Gasteiger partial charge >= 0.3 is 6.61 Å². The molecule has 0 atom stereocenters. The van der Waals surface area contributed by atoms with Gasteiger partial charge in [0.1, 0.15) is 11.6 Å². The fraction of sp³-hybridized carbons (Fsp3) is 0.133. The zero-order valence-corrected chi connectivity index (χ0v) is 11.1. The Morgan fingerprint density at radius 1 is 1.19 bits per heavy atom. The lowest BCUT2D eigenvalue weighted by atomic mass is 10.1. The second-order valence-corrected chi connectivity index (χ2v) is 4.31. The highest BCUT2D eigenvalue weighted by atomic mass is 19.3. The number of ether oxygens (including phenoxy) is 1. The Kier molecular flexibility index (Phi) is 4.47. The lowest BCUT2D eigenvalue weighted by molar-refractivity contribution is -0.0493. The standard InChI is InChI=1S/C15H12F3NO2/c1-9-6-7-11(16)10(8-9)14(20)19-12-4-2-3-5-13(12)21-15(17)18/h2-8,15H,1H3,(H,19,20). The molecule has 0 heterocycles. The number of carbonyl (C=O) groups is 1. The summed E-state index contributed by atoms with van der Waals surface area (Å²) < 4.78 is 42.5. The Labute approximate surface area is 119 Å². The van der Waals surface area contributed by atoms with Crippen molar-refractivity contribution in [3.05, 3.63) is 59.4 Å². The van der Waals surface area contributed by atoms with Crippen LogP contribution in [0.2, 0.25) is 0 Å². The number of para-hydroxylation sites is 2. The quantitative estimate of drug-likeness (QED) is 0.926. The van der Waals surface area contributed by atoms with Gasteiger partial charge in [-0.2, -0.15) is 8.78 Å². The van der Waals surface area contributed by atoms with Gasteiger partial charge in [-0.25, -0.2) is 4.39 Å². The van der Waals surface area contributed by atoms with Gasteiger partial charge in [0.25, 0.3) is 5.91 Å². The number of anilines is 1. The second kappa shape index (κ2) is 6.30. The normalized spacial score (nSPS) is 10.5. The highest BCUT2D eigenvalue weighted by Crippen LogP contribution is 2.26. The minimum absolute atomic E-state index is 0.0451. The molecule has 3 nitrogen and oxygen atoms in total. The first-order valence-electron chi connectivity index (χ1n) is 6.08. The maximum atomic E-state index is 13.6. The summed E-state index contributed by atoms with van der Waals surface area (Å²) in [5.74, 6) is -1.61. The highest BCUT2D eigenvalue weighted by Gasteiger charge is 2.15. The van der Waals surface area contributed by atoms with E-state index in [1.165, 1.54) is 36.4 Å². The Bertz CT molecular complexity index is 659. The van der Waals surface area contributed by atoms with E-state index < -0.39 is 18.3 Å². The fourth-order valence-corrected chi connectivity index (χ4v) is 1.77. The van der Waals surface area contributed by atoms with Crippen LogP contribution < -0.4 is 10.1 Å². The fourth-order valence-electron chi connectivity index (χ4n) is 1.77. The molecule has 0 aliphatic heterocycles.